The highest BCUT2D eigenvalue weighted by atomic mass is 79.9. The van der Waals surface area contributed by atoms with Crippen LogP contribution >= 0.6 is 23.5 Å². The van der Waals surface area contributed by atoms with Crippen LogP contribution in [0.2, 0.25) is 0 Å². The molecule has 0 aliphatic rings. The predicted octanol–water partition coefficient (Wildman–Crippen LogP) is 4.00. The predicted molar refractivity (Wildman–Crippen MR) is 94.5 cm³/mol. The van der Waals surface area contributed by atoms with Gasteiger partial charge in [-0.3, -0.25) is 9.99 Å². The van der Waals surface area contributed by atoms with Crippen molar-refractivity contribution in [2.45, 2.75) is 6.92 Å². The van der Waals surface area contributed by atoms with Gasteiger partial charge in [-0.15, -0.1) is 0 Å². The normalized spacial score (nSPS) is 12.9. The maximum atomic E-state index is 12.0. The molecule has 1 atom stereocenters. The van der Waals surface area contributed by atoms with Gasteiger partial charge in [-0.05, 0) is 46.3 Å². The molecule has 1 unspecified atom stereocenters. The number of phenolic OH excluding ortho intramolecular Hbond substituents is 1. The SMILES string of the molecule is CCP(=O)(O)ON(Nc1ccc(C#N)cc1O)c1ccccc1Br. The molecule has 0 amide bonds. The highest BCUT2D eigenvalue weighted by Crippen LogP contribution is 2.44. The highest BCUT2D eigenvalue weighted by Gasteiger charge is 2.24. The molecular weight excluding hydrogens is 397 g/mol. The number of phenols is 1. The largest absolute Gasteiger partial charge is 0.506 e. The van der Waals surface area contributed by atoms with Gasteiger partial charge >= 0.3 is 7.60 Å². The summed E-state index contributed by atoms with van der Waals surface area (Å²) in [7, 11) is -3.87. The van der Waals surface area contributed by atoms with Gasteiger partial charge in [-0.1, -0.05) is 19.1 Å². The van der Waals surface area contributed by atoms with Gasteiger partial charge < -0.3 is 10.00 Å². The van der Waals surface area contributed by atoms with E-state index in [2.05, 4.69) is 21.4 Å². The Morgan fingerprint density at radius 1 is 1.38 bits per heavy atom. The van der Waals surface area contributed by atoms with E-state index in [1.54, 1.807) is 24.3 Å². The number of nitrogens with one attached hydrogen (secondary N) is 1. The molecule has 0 aliphatic carbocycles. The fraction of sp³-hybridized carbons (Fsp3) is 0.133. The molecule has 0 aliphatic heterocycles. The fourth-order valence-corrected chi connectivity index (χ4v) is 2.68. The van der Waals surface area contributed by atoms with Gasteiger partial charge in [0.2, 0.25) is 0 Å². The van der Waals surface area contributed by atoms with Crippen molar-refractivity contribution in [1.82, 2.24) is 0 Å². The first-order chi connectivity index (χ1) is 11.4. The van der Waals surface area contributed by atoms with Gasteiger partial charge in [0.25, 0.3) is 0 Å². The van der Waals surface area contributed by atoms with Crippen LogP contribution < -0.4 is 10.6 Å². The second-order valence-electron chi connectivity index (χ2n) is 4.74. The van der Waals surface area contributed by atoms with Crippen LogP contribution in [0.5, 0.6) is 5.75 Å². The van der Waals surface area contributed by atoms with Gasteiger partial charge in [-0.25, -0.2) is 0 Å². The molecule has 0 heterocycles. The number of para-hydroxylation sites is 1. The molecule has 2 rings (SSSR count). The monoisotopic (exact) mass is 411 g/mol. The lowest BCUT2D eigenvalue weighted by molar-refractivity contribution is 0.248. The zero-order valence-corrected chi connectivity index (χ0v) is 15.2. The van der Waals surface area contributed by atoms with E-state index >= 15 is 0 Å². The van der Waals surface area contributed by atoms with Crippen molar-refractivity contribution in [2.75, 3.05) is 16.8 Å². The van der Waals surface area contributed by atoms with Gasteiger partial charge in [0.1, 0.15) is 11.4 Å². The van der Waals surface area contributed by atoms with Crippen LogP contribution in [0, 0.1) is 11.3 Å². The van der Waals surface area contributed by atoms with Crippen LogP contribution in [-0.4, -0.2) is 16.2 Å². The van der Waals surface area contributed by atoms with Crippen LogP contribution in [0.1, 0.15) is 12.5 Å². The second kappa shape index (κ2) is 7.69. The lowest BCUT2D eigenvalue weighted by Gasteiger charge is -2.27. The Balaban J connectivity index is 2.38. The Bertz CT molecular complexity index is 825. The summed E-state index contributed by atoms with van der Waals surface area (Å²) in [6, 6.07) is 13.1. The van der Waals surface area contributed by atoms with Crippen molar-refractivity contribution in [3.63, 3.8) is 0 Å². The first-order valence-electron chi connectivity index (χ1n) is 6.92. The third kappa shape index (κ3) is 4.49. The molecule has 9 heteroatoms. The minimum atomic E-state index is -3.87. The van der Waals surface area contributed by atoms with Crippen molar-refractivity contribution >= 4 is 34.9 Å². The Morgan fingerprint density at radius 2 is 2.08 bits per heavy atom. The lowest BCUT2D eigenvalue weighted by Crippen LogP contribution is -2.29. The maximum Gasteiger partial charge on any atom is 0.350 e. The zero-order valence-electron chi connectivity index (χ0n) is 12.7. The Hall–Kier alpha value is -2.04. The minimum absolute atomic E-state index is 0.0883. The standard InChI is InChI=1S/C15H15BrN3O4P/c1-2-24(21,22)23-19(14-6-4-3-5-12(14)16)18-13-8-7-11(10-17)9-15(13)20/h3-9,18,20H,2H2,1H3,(H,21,22). The summed E-state index contributed by atoms with van der Waals surface area (Å²) in [5.74, 6) is -0.195. The Labute approximate surface area is 147 Å². The Morgan fingerprint density at radius 3 is 2.67 bits per heavy atom. The van der Waals surface area contributed by atoms with Gasteiger partial charge in [-0.2, -0.15) is 15.1 Å². The van der Waals surface area contributed by atoms with Gasteiger partial charge in [0.05, 0.1) is 17.3 Å². The van der Waals surface area contributed by atoms with E-state index in [9.17, 15) is 14.6 Å². The molecule has 24 heavy (non-hydrogen) atoms. The number of anilines is 2. The molecule has 2 aromatic carbocycles. The molecule has 0 bridgehead atoms. The van der Waals surface area contributed by atoms with Crippen LogP contribution in [0.25, 0.3) is 0 Å². The number of hydrazine groups is 1. The molecule has 126 valence electrons. The van der Waals surface area contributed by atoms with Gasteiger partial charge in [0, 0.05) is 10.6 Å². The molecule has 0 fully saturated rings. The number of nitrogens with zero attached hydrogens (tertiary/aromatic N) is 2. The summed E-state index contributed by atoms with van der Waals surface area (Å²) in [5.41, 5.74) is 3.66. The Kier molecular flexibility index (Phi) is 5.86. The summed E-state index contributed by atoms with van der Waals surface area (Å²) < 4.78 is 17.8. The van der Waals surface area contributed by atoms with E-state index < -0.39 is 7.60 Å². The van der Waals surface area contributed by atoms with E-state index in [1.807, 2.05) is 6.07 Å². The van der Waals surface area contributed by atoms with Crippen molar-refractivity contribution in [3.8, 4) is 11.8 Å². The van der Waals surface area contributed by atoms with E-state index in [0.29, 0.717) is 10.2 Å². The third-order valence-electron chi connectivity index (χ3n) is 3.03. The molecule has 0 aromatic heterocycles. The number of hydrogen-bond acceptors (Lipinski definition) is 6. The molecule has 3 N–H and O–H groups in total. The number of halogens is 1. The quantitative estimate of drug-likeness (QED) is 0.374. The minimum Gasteiger partial charge on any atom is -0.506 e. The molecule has 0 saturated heterocycles. The van der Waals surface area contributed by atoms with E-state index in [-0.39, 0.29) is 23.2 Å². The number of hydrogen-bond donors (Lipinski definition) is 3. The van der Waals surface area contributed by atoms with Crippen molar-refractivity contribution < 1.29 is 19.2 Å². The van der Waals surface area contributed by atoms with E-state index in [4.69, 9.17) is 9.89 Å². The summed E-state index contributed by atoms with van der Waals surface area (Å²) in [6.07, 6.45) is -0.0883. The number of aromatic hydroxyl groups is 1. The third-order valence-corrected chi connectivity index (χ3v) is 4.92. The average molecular weight is 412 g/mol. The van der Waals surface area contributed by atoms with E-state index in [0.717, 1.165) is 5.17 Å². The van der Waals surface area contributed by atoms with Crippen LogP contribution in [-0.2, 0) is 9.19 Å². The van der Waals surface area contributed by atoms with Crippen molar-refractivity contribution in [2.24, 2.45) is 0 Å². The maximum absolute atomic E-state index is 12.0. The summed E-state index contributed by atoms with van der Waals surface area (Å²) >= 11 is 3.34. The molecule has 0 radical (unpaired) electrons. The molecule has 7 nitrogen and oxygen atoms in total. The highest BCUT2D eigenvalue weighted by molar-refractivity contribution is 9.10. The fourth-order valence-electron chi connectivity index (χ4n) is 1.73. The average Bonchev–Trinajstić information content (AvgIpc) is 2.56. The van der Waals surface area contributed by atoms with E-state index in [1.165, 1.54) is 25.1 Å². The zero-order chi connectivity index (χ0) is 17.7. The summed E-state index contributed by atoms with van der Waals surface area (Å²) in [4.78, 5) is 9.81. The van der Waals surface area contributed by atoms with Crippen LogP contribution in [0.3, 0.4) is 0 Å². The van der Waals surface area contributed by atoms with Crippen LogP contribution in [0.15, 0.2) is 46.9 Å². The molecule has 0 spiro atoms. The van der Waals surface area contributed by atoms with Gasteiger partial charge in [0.15, 0.2) is 0 Å². The first-order valence-corrected chi connectivity index (χ1v) is 9.48. The van der Waals surface area contributed by atoms with Crippen LogP contribution in [0.4, 0.5) is 11.4 Å². The van der Waals surface area contributed by atoms with Crippen molar-refractivity contribution in [3.05, 3.63) is 52.5 Å². The molecular formula is C15H15BrN3O4P. The molecule has 2 aromatic rings. The smallest absolute Gasteiger partial charge is 0.350 e. The second-order valence-corrected chi connectivity index (χ2v) is 7.66. The first kappa shape index (κ1) is 18.3. The lowest BCUT2D eigenvalue weighted by atomic mass is 10.2. The van der Waals surface area contributed by atoms with Crippen molar-refractivity contribution in [1.29, 1.82) is 5.26 Å². The summed E-state index contributed by atoms with van der Waals surface area (Å²) in [6.45, 7) is 1.53. The number of benzene rings is 2. The topological polar surface area (TPSA) is 106 Å². The number of nitriles is 1. The number of rotatable bonds is 6. The summed E-state index contributed by atoms with van der Waals surface area (Å²) in [5, 5.41) is 19.9. The molecule has 0 saturated carbocycles.